The third-order valence-corrected chi connectivity index (χ3v) is 4.33. The number of aryl methyl sites for hydroxylation is 1. The second kappa shape index (κ2) is 5.60. The van der Waals surface area contributed by atoms with Crippen LogP contribution in [0.4, 0.5) is 0 Å². The lowest BCUT2D eigenvalue weighted by atomic mass is 9.99. The Kier molecular flexibility index (Phi) is 3.45. The molecule has 1 aromatic heterocycles. The molecule has 0 saturated carbocycles. The van der Waals surface area contributed by atoms with E-state index in [1.165, 1.54) is 0 Å². The minimum atomic E-state index is 0.246. The molecule has 2 heterocycles. The van der Waals surface area contributed by atoms with E-state index in [1.807, 2.05) is 12.1 Å². The molecule has 4 rings (SSSR count). The molecule has 7 nitrogen and oxygen atoms in total. The van der Waals surface area contributed by atoms with E-state index in [0.29, 0.717) is 12.3 Å². The van der Waals surface area contributed by atoms with Crippen molar-refractivity contribution >= 4 is 21.6 Å². The number of oxime groups is 1. The molecule has 0 atom stereocenters. The Morgan fingerprint density at radius 1 is 1.18 bits per heavy atom. The largest absolute Gasteiger partial charge is 0.454 e. The van der Waals surface area contributed by atoms with Crippen LogP contribution in [-0.4, -0.2) is 22.8 Å². The summed E-state index contributed by atoms with van der Waals surface area (Å²) in [6.07, 6.45) is 2.65. The molecule has 0 saturated heterocycles. The number of nitrogens with zero attached hydrogens (tertiary/aromatic N) is 3. The number of rotatable bonds is 3. The Morgan fingerprint density at radius 2 is 2.05 bits per heavy atom. The lowest BCUT2D eigenvalue weighted by Gasteiger charge is -2.10. The van der Waals surface area contributed by atoms with Crippen molar-refractivity contribution in [3.05, 3.63) is 33.6 Å². The zero-order chi connectivity index (χ0) is 14.9. The Bertz CT molecular complexity index is 744. The van der Waals surface area contributed by atoms with Gasteiger partial charge in [0.1, 0.15) is 18.0 Å². The van der Waals surface area contributed by atoms with Gasteiger partial charge in [-0.2, -0.15) is 0 Å². The first kappa shape index (κ1) is 13.6. The number of benzene rings is 1. The highest BCUT2D eigenvalue weighted by molar-refractivity contribution is 9.10. The minimum Gasteiger partial charge on any atom is -0.454 e. The van der Waals surface area contributed by atoms with Crippen LogP contribution in [0.1, 0.15) is 29.8 Å². The highest BCUT2D eigenvalue weighted by atomic mass is 79.9. The number of hydrogen-bond acceptors (Lipinski definition) is 7. The third kappa shape index (κ3) is 2.43. The van der Waals surface area contributed by atoms with Crippen LogP contribution in [0.3, 0.4) is 0 Å². The number of ether oxygens (including phenoxy) is 2. The fourth-order valence-corrected chi connectivity index (χ4v) is 2.91. The van der Waals surface area contributed by atoms with Crippen molar-refractivity contribution in [1.82, 2.24) is 10.3 Å². The fraction of sp³-hybridized carbons (Fsp3) is 0.357. The van der Waals surface area contributed by atoms with Crippen LogP contribution >= 0.6 is 15.9 Å². The molecule has 0 radical (unpaired) electrons. The predicted octanol–water partition coefficient (Wildman–Crippen LogP) is 2.82. The standard InChI is InChI=1S/C14H12BrN3O4/c15-9-5-13-12(19-7-20-13)4-8(9)6-21-16-10-2-1-3-11-14(10)18-22-17-11/h4-5H,1-3,6-7H2. The number of fused-ring (bicyclic) bond motifs is 2. The molecule has 1 aromatic carbocycles. The van der Waals surface area contributed by atoms with Gasteiger partial charge in [0, 0.05) is 10.0 Å². The first-order chi connectivity index (χ1) is 10.8. The molecule has 22 heavy (non-hydrogen) atoms. The van der Waals surface area contributed by atoms with Crippen LogP contribution in [0.25, 0.3) is 0 Å². The van der Waals surface area contributed by atoms with Crippen molar-refractivity contribution in [3.8, 4) is 11.5 Å². The maximum Gasteiger partial charge on any atom is 0.231 e. The summed E-state index contributed by atoms with van der Waals surface area (Å²) in [6.45, 7) is 0.567. The molecule has 1 aliphatic carbocycles. The normalized spacial score (nSPS) is 17.6. The monoisotopic (exact) mass is 365 g/mol. The maximum absolute atomic E-state index is 5.48. The topological polar surface area (TPSA) is 79.0 Å². The van der Waals surface area contributed by atoms with E-state index >= 15 is 0 Å². The molecule has 114 valence electrons. The summed E-state index contributed by atoms with van der Waals surface area (Å²) in [5.41, 5.74) is 3.26. The van der Waals surface area contributed by atoms with Gasteiger partial charge in [0.25, 0.3) is 0 Å². The number of hydrogen-bond donors (Lipinski definition) is 0. The van der Waals surface area contributed by atoms with Crippen molar-refractivity contribution < 1.29 is 18.9 Å². The summed E-state index contributed by atoms with van der Waals surface area (Å²) >= 11 is 3.49. The molecule has 0 N–H and O–H groups in total. The van der Waals surface area contributed by atoms with E-state index < -0.39 is 0 Å². The van der Waals surface area contributed by atoms with Gasteiger partial charge in [0.2, 0.25) is 6.79 Å². The molecule has 0 spiro atoms. The van der Waals surface area contributed by atoms with Crippen LogP contribution in [0.15, 0.2) is 26.4 Å². The van der Waals surface area contributed by atoms with E-state index in [2.05, 4.69) is 31.4 Å². The molecule has 0 unspecified atom stereocenters. The second-order valence-corrected chi connectivity index (χ2v) is 5.88. The summed E-state index contributed by atoms with van der Waals surface area (Å²) in [7, 11) is 0. The van der Waals surface area contributed by atoms with Gasteiger partial charge in [0.15, 0.2) is 17.2 Å². The lowest BCUT2D eigenvalue weighted by molar-refractivity contribution is 0.129. The average Bonchev–Trinajstić information content (AvgIpc) is 3.16. The quantitative estimate of drug-likeness (QED) is 0.778. The Hall–Kier alpha value is -2.09. The molecular formula is C14H12BrN3O4. The average molecular weight is 366 g/mol. The van der Waals surface area contributed by atoms with Gasteiger partial charge in [-0.1, -0.05) is 26.2 Å². The fourth-order valence-electron chi connectivity index (χ4n) is 2.47. The van der Waals surface area contributed by atoms with Crippen molar-refractivity contribution in [2.45, 2.75) is 25.9 Å². The molecule has 0 amide bonds. The first-order valence-corrected chi connectivity index (χ1v) is 7.69. The summed E-state index contributed by atoms with van der Waals surface area (Å²) < 4.78 is 16.3. The van der Waals surface area contributed by atoms with Crippen LogP contribution in [0, 0.1) is 0 Å². The minimum absolute atomic E-state index is 0.246. The van der Waals surface area contributed by atoms with Crippen molar-refractivity contribution in [1.29, 1.82) is 0 Å². The summed E-state index contributed by atoms with van der Waals surface area (Å²) in [6, 6.07) is 3.75. The van der Waals surface area contributed by atoms with Crippen LogP contribution < -0.4 is 9.47 Å². The molecule has 2 aromatic rings. The summed E-state index contributed by atoms with van der Waals surface area (Å²) in [4.78, 5) is 5.48. The van der Waals surface area contributed by atoms with Gasteiger partial charge in [0.05, 0.1) is 0 Å². The molecule has 0 fully saturated rings. The van der Waals surface area contributed by atoms with Crippen LogP contribution in [-0.2, 0) is 17.9 Å². The van der Waals surface area contributed by atoms with Gasteiger partial charge in [-0.3, -0.25) is 0 Å². The first-order valence-electron chi connectivity index (χ1n) is 6.90. The van der Waals surface area contributed by atoms with Crippen LogP contribution in [0.5, 0.6) is 11.5 Å². The van der Waals surface area contributed by atoms with Crippen molar-refractivity contribution in [2.75, 3.05) is 6.79 Å². The molecule has 1 aliphatic heterocycles. The van der Waals surface area contributed by atoms with Gasteiger partial charge >= 0.3 is 0 Å². The van der Waals surface area contributed by atoms with E-state index in [1.54, 1.807) is 0 Å². The van der Waals surface area contributed by atoms with E-state index in [0.717, 1.165) is 52.2 Å². The maximum atomic E-state index is 5.48. The zero-order valence-electron chi connectivity index (χ0n) is 11.5. The van der Waals surface area contributed by atoms with Crippen molar-refractivity contribution in [2.24, 2.45) is 5.16 Å². The highest BCUT2D eigenvalue weighted by Gasteiger charge is 2.22. The van der Waals surface area contributed by atoms with Gasteiger partial charge in [-0.25, -0.2) is 4.63 Å². The SMILES string of the molecule is Brc1cc2c(cc1CON=C1CCCc3nonc31)OCO2. The second-order valence-electron chi connectivity index (χ2n) is 5.02. The third-order valence-electron chi connectivity index (χ3n) is 3.59. The number of aromatic nitrogens is 2. The smallest absolute Gasteiger partial charge is 0.231 e. The number of halogens is 1. The Balaban J connectivity index is 1.49. The van der Waals surface area contributed by atoms with Crippen molar-refractivity contribution in [3.63, 3.8) is 0 Å². The van der Waals surface area contributed by atoms with Gasteiger partial charge in [-0.05, 0) is 36.6 Å². The Morgan fingerprint density at radius 3 is 2.95 bits per heavy atom. The summed E-state index contributed by atoms with van der Waals surface area (Å²) in [5.74, 6) is 1.45. The zero-order valence-corrected chi connectivity index (χ0v) is 13.1. The van der Waals surface area contributed by atoms with E-state index in [9.17, 15) is 0 Å². The van der Waals surface area contributed by atoms with Gasteiger partial charge < -0.3 is 14.3 Å². The molecule has 0 bridgehead atoms. The van der Waals surface area contributed by atoms with Gasteiger partial charge in [-0.15, -0.1) is 0 Å². The molecular weight excluding hydrogens is 354 g/mol. The molecule has 2 aliphatic rings. The molecule has 8 heteroatoms. The predicted molar refractivity (Wildman–Crippen MR) is 78.8 cm³/mol. The summed E-state index contributed by atoms with van der Waals surface area (Å²) in [5, 5.41) is 11.9. The van der Waals surface area contributed by atoms with E-state index in [4.69, 9.17) is 18.9 Å². The van der Waals surface area contributed by atoms with Crippen LogP contribution in [0.2, 0.25) is 0 Å². The lowest BCUT2D eigenvalue weighted by Crippen LogP contribution is -2.12. The Labute approximate surface area is 134 Å². The highest BCUT2D eigenvalue weighted by Crippen LogP contribution is 2.37. The van der Waals surface area contributed by atoms with E-state index in [-0.39, 0.29) is 6.79 Å².